The summed E-state index contributed by atoms with van der Waals surface area (Å²) in [5.74, 6) is -0.134. The molecule has 3 aromatic carbocycles. The van der Waals surface area contributed by atoms with E-state index in [1.54, 1.807) is 9.80 Å². The molecule has 0 saturated carbocycles. The fourth-order valence-corrected chi connectivity index (χ4v) is 4.48. The molecule has 33 heavy (non-hydrogen) atoms. The van der Waals surface area contributed by atoms with Crippen molar-refractivity contribution in [3.8, 4) is 5.75 Å². The maximum absolute atomic E-state index is 14.1. The molecule has 6 nitrogen and oxygen atoms in total. The van der Waals surface area contributed by atoms with E-state index < -0.39 is 12.0 Å². The van der Waals surface area contributed by atoms with Crippen LogP contribution in [0.3, 0.4) is 0 Å². The molecule has 3 aromatic rings. The average molecular weight is 443 g/mol. The number of carbonyl (C=O) groups excluding carboxylic acids is 2. The molecule has 0 bridgehead atoms. The fourth-order valence-electron chi connectivity index (χ4n) is 4.48. The van der Waals surface area contributed by atoms with Gasteiger partial charge < -0.3 is 19.3 Å². The predicted octanol–water partition coefficient (Wildman–Crippen LogP) is 3.47. The van der Waals surface area contributed by atoms with Gasteiger partial charge in [-0.25, -0.2) is 0 Å². The molecule has 0 N–H and O–H groups in total. The van der Waals surface area contributed by atoms with Crippen LogP contribution in [-0.4, -0.2) is 55.7 Å². The third-order valence-electron chi connectivity index (χ3n) is 6.15. The Balaban J connectivity index is 1.51. The molecule has 2 aliphatic heterocycles. The quantitative estimate of drug-likeness (QED) is 0.621. The summed E-state index contributed by atoms with van der Waals surface area (Å²) in [5, 5.41) is 0. The van der Waals surface area contributed by atoms with E-state index in [0.29, 0.717) is 37.7 Å². The Morgan fingerprint density at radius 3 is 2.00 bits per heavy atom. The van der Waals surface area contributed by atoms with E-state index in [-0.39, 0.29) is 18.4 Å². The van der Waals surface area contributed by atoms with Gasteiger partial charge in [0.05, 0.1) is 31.4 Å². The average Bonchev–Trinajstić information content (AvgIpc) is 2.89. The molecule has 1 fully saturated rings. The normalized spacial score (nSPS) is 17.9. The first kappa shape index (κ1) is 21.2. The van der Waals surface area contributed by atoms with E-state index in [2.05, 4.69) is 0 Å². The topological polar surface area (TPSA) is 59.1 Å². The number of morpholine rings is 1. The van der Waals surface area contributed by atoms with Crippen LogP contribution in [0.5, 0.6) is 5.75 Å². The van der Waals surface area contributed by atoms with Gasteiger partial charge in [-0.15, -0.1) is 0 Å². The van der Waals surface area contributed by atoms with Crippen molar-refractivity contribution in [2.75, 3.05) is 37.7 Å². The standard InChI is InChI=1S/C27H26N2O4/c30-26(28-15-17-32-18-16-28)24-19-29(22-13-7-8-14-23(22)33-24)27(31)25(20-9-3-1-4-10-20)21-11-5-2-6-12-21/h1-14,24-25H,15-19H2/t24-/m1/s1. The minimum absolute atomic E-state index is 0.0806. The zero-order valence-electron chi connectivity index (χ0n) is 18.3. The summed E-state index contributed by atoms with van der Waals surface area (Å²) in [6.45, 7) is 2.27. The van der Waals surface area contributed by atoms with Crippen molar-refractivity contribution in [1.29, 1.82) is 0 Å². The molecule has 6 heteroatoms. The van der Waals surface area contributed by atoms with Gasteiger partial charge in [0, 0.05) is 13.1 Å². The fraction of sp³-hybridized carbons (Fsp3) is 0.259. The van der Waals surface area contributed by atoms with Crippen molar-refractivity contribution in [2.24, 2.45) is 0 Å². The van der Waals surface area contributed by atoms with Crippen molar-refractivity contribution in [3.63, 3.8) is 0 Å². The summed E-state index contributed by atoms with van der Waals surface area (Å²) in [5.41, 5.74) is 2.51. The van der Waals surface area contributed by atoms with E-state index >= 15 is 0 Å². The highest BCUT2D eigenvalue weighted by molar-refractivity contribution is 6.02. The number of nitrogens with zero attached hydrogens (tertiary/aromatic N) is 2. The van der Waals surface area contributed by atoms with Crippen LogP contribution in [0.2, 0.25) is 0 Å². The van der Waals surface area contributed by atoms with Gasteiger partial charge in [0.2, 0.25) is 5.91 Å². The summed E-state index contributed by atoms with van der Waals surface area (Å²) in [4.78, 5) is 30.9. The molecule has 2 heterocycles. The van der Waals surface area contributed by atoms with Crippen molar-refractivity contribution in [3.05, 3.63) is 96.1 Å². The first-order valence-electron chi connectivity index (χ1n) is 11.3. The summed E-state index contributed by atoms with van der Waals surface area (Å²) in [6.07, 6.45) is -0.755. The van der Waals surface area contributed by atoms with Crippen LogP contribution < -0.4 is 9.64 Å². The number of benzene rings is 3. The van der Waals surface area contributed by atoms with Crippen molar-refractivity contribution in [1.82, 2.24) is 4.90 Å². The number of hydrogen-bond donors (Lipinski definition) is 0. The zero-order chi connectivity index (χ0) is 22.6. The highest BCUT2D eigenvalue weighted by atomic mass is 16.5. The molecule has 2 amide bonds. The summed E-state index contributed by atoms with van der Waals surface area (Å²) >= 11 is 0. The maximum Gasteiger partial charge on any atom is 0.265 e. The van der Waals surface area contributed by atoms with Crippen LogP contribution in [0.4, 0.5) is 5.69 Å². The molecule has 0 aliphatic carbocycles. The molecule has 0 aromatic heterocycles. The Labute approximate surface area is 193 Å². The maximum atomic E-state index is 14.1. The van der Waals surface area contributed by atoms with Crippen LogP contribution in [0.15, 0.2) is 84.9 Å². The van der Waals surface area contributed by atoms with Gasteiger partial charge in [0.1, 0.15) is 5.75 Å². The van der Waals surface area contributed by atoms with Crippen LogP contribution >= 0.6 is 0 Å². The van der Waals surface area contributed by atoms with E-state index in [1.807, 2.05) is 84.9 Å². The highest BCUT2D eigenvalue weighted by Crippen LogP contribution is 2.37. The van der Waals surface area contributed by atoms with Crippen molar-refractivity contribution >= 4 is 17.5 Å². The largest absolute Gasteiger partial charge is 0.476 e. The molecular formula is C27H26N2O4. The molecule has 2 aliphatic rings. The third-order valence-corrected chi connectivity index (χ3v) is 6.15. The van der Waals surface area contributed by atoms with Gasteiger partial charge in [-0.05, 0) is 23.3 Å². The molecule has 168 valence electrons. The number of rotatable bonds is 4. The Bertz CT molecular complexity index is 1070. The van der Waals surface area contributed by atoms with Crippen molar-refractivity contribution < 1.29 is 19.1 Å². The highest BCUT2D eigenvalue weighted by Gasteiger charge is 2.39. The van der Waals surface area contributed by atoms with Gasteiger partial charge in [-0.2, -0.15) is 0 Å². The lowest BCUT2D eigenvalue weighted by Gasteiger charge is -2.38. The van der Waals surface area contributed by atoms with Crippen molar-refractivity contribution in [2.45, 2.75) is 12.0 Å². The lowest BCUT2D eigenvalue weighted by atomic mass is 9.89. The summed E-state index contributed by atoms with van der Waals surface area (Å²) in [6, 6.07) is 27.0. The molecule has 0 radical (unpaired) electrons. The predicted molar refractivity (Wildman–Crippen MR) is 125 cm³/mol. The Morgan fingerprint density at radius 2 is 1.36 bits per heavy atom. The van der Waals surface area contributed by atoms with E-state index in [0.717, 1.165) is 11.1 Å². The molecule has 1 saturated heterocycles. The Kier molecular flexibility index (Phi) is 6.09. The number of fused-ring (bicyclic) bond motifs is 1. The minimum atomic E-state index is -0.755. The van der Waals surface area contributed by atoms with Crippen LogP contribution in [0, 0.1) is 0 Å². The number of para-hydroxylation sites is 2. The van der Waals surface area contributed by atoms with E-state index in [1.165, 1.54) is 0 Å². The lowest BCUT2D eigenvalue weighted by Crippen LogP contribution is -2.54. The first-order chi connectivity index (χ1) is 16.2. The smallest absolute Gasteiger partial charge is 0.265 e. The number of ether oxygens (including phenoxy) is 2. The minimum Gasteiger partial charge on any atom is -0.476 e. The number of anilines is 1. The molecular weight excluding hydrogens is 416 g/mol. The zero-order valence-corrected chi connectivity index (χ0v) is 18.3. The second-order valence-electron chi connectivity index (χ2n) is 8.22. The van der Waals surface area contributed by atoms with Crippen LogP contribution in [-0.2, 0) is 14.3 Å². The van der Waals surface area contributed by atoms with E-state index in [9.17, 15) is 9.59 Å². The van der Waals surface area contributed by atoms with Crippen LogP contribution in [0.1, 0.15) is 17.0 Å². The summed E-state index contributed by atoms with van der Waals surface area (Å²) < 4.78 is 11.5. The van der Waals surface area contributed by atoms with E-state index in [4.69, 9.17) is 9.47 Å². The molecule has 5 rings (SSSR count). The molecule has 1 atom stereocenters. The Hall–Kier alpha value is -3.64. The monoisotopic (exact) mass is 442 g/mol. The Morgan fingerprint density at radius 1 is 0.788 bits per heavy atom. The van der Waals surface area contributed by atoms with Gasteiger partial charge in [0.15, 0.2) is 6.10 Å². The number of amides is 2. The lowest BCUT2D eigenvalue weighted by molar-refractivity contribution is -0.142. The number of carbonyl (C=O) groups is 2. The molecule has 0 spiro atoms. The first-order valence-corrected chi connectivity index (χ1v) is 11.3. The van der Waals surface area contributed by atoms with Gasteiger partial charge in [-0.3, -0.25) is 9.59 Å². The van der Waals surface area contributed by atoms with Gasteiger partial charge >= 0.3 is 0 Å². The second kappa shape index (κ2) is 9.46. The van der Waals surface area contributed by atoms with Gasteiger partial charge in [0.25, 0.3) is 5.91 Å². The molecule has 0 unspecified atom stereocenters. The second-order valence-corrected chi connectivity index (χ2v) is 8.22. The SMILES string of the molecule is O=C([C@H]1CN(C(=O)C(c2ccccc2)c2ccccc2)c2ccccc2O1)N1CCOCC1. The summed E-state index contributed by atoms with van der Waals surface area (Å²) in [7, 11) is 0. The van der Waals surface area contributed by atoms with Gasteiger partial charge in [-0.1, -0.05) is 72.8 Å². The number of hydrogen-bond acceptors (Lipinski definition) is 4. The van der Waals surface area contributed by atoms with Crippen LogP contribution in [0.25, 0.3) is 0 Å². The third kappa shape index (κ3) is 4.34.